The molecule has 0 spiro atoms. The molecular weight excluding hydrogens is 292 g/mol. The molecule has 3 amide bonds. The Bertz CT molecular complexity index is 602. The number of anilines is 2. The van der Waals surface area contributed by atoms with E-state index < -0.39 is 0 Å². The maximum Gasteiger partial charge on any atom is 0.322 e. The van der Waals surface area contributed by atoms with Crippen LogP contribution in [0.25, 0.3) is 0 Å². The number of fused-ring (bicyclic) bond motifs is 1. The van der Waals surface area contributed by atoms with Gasteiger partial charge in [0.15, 0.2) is 0 Å². The van der Waals surface area contributed by atoms with Gasteiger partial charge in [-0.2, -0.15) is 0 Å². The molecule has 1 saturated heterocycles. The van der Waals surface area contributed by atoms with Crippen molar-refractivity contribution in [2.75, 3.05) is 30.9 Å². The lowest BCUT2D eigenvalue weighted by Gasteiger charge is -2.43. The Balaban J connectivity index is 1.78. The number of para-hydroxylation sites is 2. The van der Waals surface area contributed by atoms with Crippen LogP contribution in [0, 0.1) is 0 Å². The van der Waals surface area contributed by atoms with E-state index in [2.05, 4.69) is 10.6 Å². The van der Waals surface area contributed by atoms with Crippen molar-refractivity contribution < 1.29 is 9.59 Å². The highest BCUT2D eigenvalue weighted by Crippen LogP contribution is 2.28. The van der Waals surface area contributed by atoms with E-state index in [4.69, 9.17) is 0 Å². The lowest BCUT2D eigenvalue weighted by molar-refractivity contribution is -0.126. The Kier molecular flexibility index (Phi) is 4.41. The van der Waals surface area contributed by atoms with Crippen LogP contribution in [0.15, 0.2) is 24.3 Å². The third-order valence-electron chi connectivity index (χ3n) is 4.68. The summed E-state index contributed by atoms with van der Waals surface area (Å²) in [6, 6.07) is 7.70. The zero-order chi connectivity index (χ0) is 16.4. The normalized spacial score (nSPS) is 23.7. The van der Waals surface area contributed by atoms with Crippen LogP contribution in [0.3, 0.4) is 0 Å². The Morgan fingerprint density at radius 1 is 1.26 bits per heavy atom. The summed E-state index contributed by atoms with van der Waals surface area (Å²) < 4.78 is 0. The number of piperazine rings is 1. The summed E-state index contributed by atoms with van der Waals surface area (Å²) in [4.78, 5) is 28.3. The molecule has 2 atom stereocenters. The number of amides is 3. The second kappa shape index (κ2) is 6.48. The topological polar surface area (TPSA) is 64.7 Å². The molecule has 1 saturated carbocycles. The Labute approximate surface area is 136 Å². The third kappa shape index (κ3) is 3.25. The number of nitrogens with one attached hydrogen (secondary N) is 2. The molecule has 0 aromatic heterocycles. The van der Waals surface area contributed by atoms with Crippen LogP contribution in [0.5, 0.6) is 0 Å². The first kappa shape index (κ1) is 15.6. The largest absolute Gasteiger partial charge is 0.376 e. The molecule has 1 aromatic carbocycles. The lowest BCUT2D eigenvalue weighted by atomic mass is 9.87. The number of benzene rings is 1. The molecule has 1 heterocycles. The maximum absolute atomic E-state index is 12.8. The van der Waals surface area contributed by atoms with Gasteiger partial charge in [-0.15, -0.1) is 0 Å². The van der Waals surface area contributed by atoms with Gasteiger partial charge in [0, 0.05) is 20.1 Å². The van der Waals surface area contributed by atoms with Crippen molar-refractivity contribution >= 4 is 23.3 Å². The monoisotopic (exact) mass is 316 g/mol. The number of carbonyl (C=O) groups is 2. The van der Waals surface area contributed by atoms with Crippen LogP contribution >= 0.6 is 0 Å². The van der Waals surface area contributed by atoms with Gasteiger partial charge in [0.05, 0.1) is 17.4 Å². The van der Waals surface area contributed by atoms with E-state index in [1.54, 1.807) is 4.90 Å². The zero-order valence-electron chi connectivity index (χ0n) is 13.7. The van der Waals surface area contributed by atoms with Crippen molar-refractivity contribution in [1.29, 1.82) is 0 Å². The minimum absolute atomic E-state index is 0.0656. The van der Waals surface area contributed by atoms with Gasteiger partial charge in [-0.3, -0.25) is 4.79 Å². The summed E-state index contributed by atoms with van der Waals surface area (Å²) in [7, 11) is 3.88. The average Bonchev–Trinajstić information content (AvgIpc) is 2.54. The van der Waals surface area contributed by atoms with Crippen LogP contribution in [-0.2, 0) is 4.79 Å². The summed E-state index contributed by atoms with van der Waals surface area (Å²) >= 11 is 0. The van der Waals surface area contributed by atoms with Crippen molar-refractivity contribution in [2.45, 2.75) is 37.8 Å². The molecule has 1 aliphatic heterocycles. The van der Waals surface area contributed by atoms with Crippen molar-refractivity contribution in [1.82, 2.24) is 10.2 Å². The van der Waals surface area contributed by atoms with Gasteiger partial charge in [0.25, 0.3) is 0 Å². The Hall–Kier alpha value is -2.24. The molecule has 124 valence electrons. The van der Waals surface area contributed by atoms with Gasteiger partial charge < -0.3 is 20.4 Å². The fraction of sp³-hybridized carbons (Fsp3) is 0.529. The Morgan fingerprint density at radius 2 is 2.00 bits per heavy atom. The minimum atomic E-state index is -0.189. The number of hydrogen-bond donors (Lipinski definition) is 2. The van der Waals surface area contributed by atoms with E-state index in [1.165, 1.54) is 0 Å². The lowest BCUT2D eigenvalue weighted by Crippen LogP contribution is -2.63. The number of hydrogen-bond acceptors (Lipinski definition) is 3. The first-order valence-corrected chi connectivity index (χ1v) is 8.19. The molecule has 2 N–H and O–H groups in total. The van der Waals surface area contributed by atoms with Crippen molar-refractivity contribution in [3.63, 3.8) is 0 Å². The molecule has 0 unspecified atom stereocenters. The molecule has 23 heavy (non-hydrogen) atoms. The van der Waals surface area contributed by atoms with Crippen LogP contribution in [0.1, 0.15) is 25.7 Å². The smallest absolute Gasteiger partial charge is 0.322 e. The van der Waals surface area contributed by atoms with Crippen LogP contribution < -0.4 is 15.5 Å². The molecule has 2 aliphatic rings. The first-order chi connectivity index (χ1) is 11.1. The zero-order valence-corrected chi connectivity index (χ0v) is 13.7. The number of urea groups is 1. The predicted octanol–water partition coefficient (Wildman–Crippen LogP) is 2.03. The number of nitrogens with zero attached hydrogens (tertiary/aromatic N) is 2. The van der Waals surface area contributed by atoms with E-state index in [0.29, 0.717) is 0 Å². The quantitative estimate of drug-likeness (QED) is 0.877. The highest BCUT2D eigenvalue weighted by Gasteiger charge is 2.38. The van der Waals surface area contributed by atoms with Crippen molar-refractivity contribution in [2.24, 2.45) is 0 Å². The SMILES string of the molecule is CN(C)c1ccccc1NC(=O)N1CC(=O)N[C@@H]2CCCC[C@H]21. The fourth-order valence-electron chi connectivity index (χ4n) is 3.56. The fourth-order valence-corrected chi connectivity index (χ4v) is 3.56. The van der Waals surface area contributed by atoms with E-state index in [1.807, 2.05) is 43.3 Å². The molecule has 1 aliphatic carbocycles. The van der Waals surface area contributed by atoms with E-state index in [0.717, 1.165) is 37.1 Å². The van der Waals surface area contributed by atoms with Gasteiger partial charge in [-0.25, -0.2) is 4.79 Å². The van der Waals surface area contributed by atoms with Gasteiger partial charge in [0.1, 0.15) is 6.54 Å². The average molecular weight is 316 g/mol. The van der Waals surface area contributed by atoms with Gasteiger partial charge in [-0.1, -0.05) is 25.0 Å². The molecule has 0 bridgehead atoms. The predicted molar refractivity (Wildman–Crippen MR) is 90.7 cm³/mol. The molecule has 6 heteroatoms. The highest BCUT2D eigenvalue weighted by molar-refractivity contribution is 5.96. The summed E-state index contributed by atoms with van der Waals surface area (Å²) in [5.41, 5.74) is 1.71. The molecule has 3 rings (SSSR count). The van der Waals surface area contributed by atoms with Gasteiger partial charge >= 0.3 is 6.03 Å². The first-order valence-electron chi connectivity index (χ1n) is 8.19. The third-order valence-corrected chi connectivity index (χ3v) is 4.68. The second-order valence-corrected chi connectivity index (χ2v) is 6.50. The van der Waals surface area contributed by atoms with Gasteiger partial charge in [0.2, 0.25) is 5.91 Å². The molecule has 2 fully saturated rings. The maximum atomic E-state index is 12.8. The molecule has 0 radical (unpaired) electrons. The van der Waals surface area contributed by atoms with Crippen molar-refractivity contribution in [3.8, 4) is 0 Å². The summed E-state index contributed by atoms with van der Waals surface area (Å²) in [5, 5.41) is 6.01. The van der Waals surface area contributed by atoms with E-state index in [9.17, 15) is 9.59 Å². The highest BCUT2D eigenvalue weighted by atomic mass is 16.2. The van der Waals surface area contributed by atoms with Gasteiger partial charge in [-0.05, 0) is 25.0 Å². The van der Waals surface area contributed by atoms with Crippen LogP contribution in [0.2, 0.25) is 0 Å². The van der Waals surface area contributed by atoms with E-state index in [-0.39, 0.29) is 30.6 Å². The van der Waals surface area contributed by atoms with Crippen LogP contribution in [0.4, 0.5) is 16.2 Å². The van der Waals surface area contributed by atoms with Crippen molar-refractivity contribution in [3.05, 3.63) is 24.3 Å². The van der Waals surface area contributed by atoms with E-state index >= 15 is 0 Å². The standard InChI is InChI=1S/C17H24N4O2/c1-20(2)14-9-5-3-7-12(14)19-17(23)21-11-16(22)18-13-8-4-6-10-15(13)21/h3,5,7,9,13,15H,4,6,8,10-11H2,1-2H3,(H,18,22)(H,19,23)/t13-,15-/m1/s1. The minimum Gasteiger partial charge on any atom is -0.376 e. The second-order valence-electron chi connectivity index (χ2n) is 6.50. The number of rotatable bonds is 2. The summed E-state index contributed by atoms with van der Waals surface area (Å²) in [5.74, 6) is -0.0656. The number of carbonyl (C=O) groups excluding carboxylic acids is 2. The summed E-state index contributed by atoms with van der Waals surface area (Å²) in [6.07, 6.45) is 4.12. The Morgan fingerprint density at radius 3 is 2.78 bits per heavy atom. The molecular formula is C17H24N4O2. The van der Waals surface area contributed by atoms with Crippen LogP contribution in [-0.4, -0.2) is 49.6 Å². The molecule has 1 aromatic rings. The summed E-state index contributed by atoms with van der Waals surface area (Å²) in [6.45, 7) is 0.136. The molecule has 6 nitrogen and oxygen atoms in total.